The van der Waals surface area contributed by atoms with Gasteiger partial charge in [0.1, 0.15) is 0 Å². The Morgan fingerprint density at radius 2 is 1.61 bits per heavy atom. The van der Waals surface area contributed by atoms with Crippen molar-refractivity contribution in [3.63, 3.8) is 0 Å². The molecule has 0 bridgehead atoms. The largest absolute Gasteiger partial charge is 0.403 e. The zero-order valence-corrected chi connectivity index (χ0v) is 15.0. The minimum Gasteiger partial charge on any atom is -0.403 e. The molecule has 138 valence electrons. The fraction of sp³-hybridized carbons (Fsp3) is 0.0455. The van der Waals surface area contributed by atoms with Crippen LogP contribution in [0.15, 0.2) is 88.1 Å². The van der Waals surface area contributed by atoms with Gasteiger partial charge in [0.2, 0.25) is 5.89 Å². The summed E-state index contributed by atoms with van der Waals surface area (Å²) >= 11 is 0. The standard InChI is InChI=1S/C22H16N2O4/c1-24(17-7-3-2-4-8-17)28-21(25)16-13-11-15(12-14-16)20-23-19-10-6-5-9-18(19)22(26)27-20/h2-14H,1H3. The smallest absolute Gasteiger partial charge is 0.363 e. The van der Waals surface area contributed by atoms with E-state index in [2.05, 4.69) is 4.98 Å². The first-order valence-corrected chi connectivity index (χ1v) is 8.63. The van der Waals surface area contributed by atoms with E-state index in [1.54, 1.807) is 55.6 Å². The first-order valence-electron chi connectivity index (χ1n) is 8.63. The van der Waals surface area contributed by atoms with Crippen LogP contribution >= 0.6 is 0 Å². The van der Waals surface area contributed by atoms with Crippen molar-refractivity contribution in [3.8, 4) is 11.5 Å². The van der Waals surface area contributed by atoms with Crippen molar-refractivity contribution in [1.29, 1.82) is 0 Å². The number of carbonyl (C=O) groups excluding carboxylic acids is 1. The Morgan fingerprint density at radius 3 is 2.36 bits per heavy atom. The summed E-state index contributed by atoms with van der Waals surface area (Å²) in [5.74, 6) is -0.296. The second-order valence-corrected chi connectivity index (χ2v) is 6.11. The van der Waals surface area contributed by atoms with Gasteiger partial charge in [-0.1, -0.05) is 30.3 Å². The van der Waals surface area contributed by atoms with Crippen molar-refractivity contribution in [2.75, 3.05) is 12.1 Å². The molecule has 0 unspecified atom stereocenters. The van der Waals surface area contributed by atoms with E-state index in [0.29, 0.717) is 22.0 Å². The number of carbonyl (C=O) groups is 1. The Morgan fingerprint density at radius 1 is 0.929 bits per heavy atom. The van der Waals surface area contributed by atoms with Gasteiger partial charge in [-0.15, -0.1) is 0 Å². The third kappa shape index (κ3) is 3.48. The highest BCUT2D eigenvalue weighted by atomic mass is 16.7. The zero-order chi connectivity index (χ0) is 19.5. The molecule has 0 saturated heterocycles. The predicted molar refractivity (Wildman–Crippen MR) is 106 cm³/mol. The molecule has 3 aromatic carbocycles. The molecule has 1 aromatic heterocycles. The minimum absolute atomic E-state index is 0.199. The summed E-state index contributed by atoms with van der Waals surface area (Å²) < 4.78 is 5.31. The Kier molecular flexibility index (Phi) is 4.60. The normalized spacial score (nSPS) is 10.6. The molecular formula is C22H16N2O4. The molecule has 6 heteroatoms. The summed E-state index contributed by atoms with van der Waals surface area (Å²) in [6, 6.07) is 22.8. The number of aromatic nitrogens is 1. The van der Waals surface area contributed by atoms with Gasteiger partial charge in [0.25, 0.3) is 0 Å². The number of hydrogen-bond donors (Lipinski definition) is 0. The molecule has 0 spiro atoms. The number of hydroxylamine groups is 1. The lowest BCUT2D eigenvalue weighted by atomic mass is 10.1. The van der Waals surface area contributed by atoms with Gasteiger partial charge >= 0.3 is 11.6 Å². The SMILES string of the molecule is CN(OC(=O)c1ccc(-c2nc3ccccc3c(=O)o2)cc1)c1ccccc1. The van der Waals surface area contributed by atoms with Gasteiger partial charge in [0, 0.05) is 12.6 Å². The molecule has 0 aliphatic rings. The molecule has 6 nitrogen and oxygen atoms in total. The van der Waals surface area contributed by atoms with E-state index in [1.165, 1.54) is 5.06 Å². The van der Waals surface area contributed by atoms with E-state index >= 15 is 0 Å². The van der Waals surface area contributed by atoms with Crippen LogP contribution in [-0.4, -0.2) is 18.0 Å². The van der Waals surface area contributed by atoms with Crippen molar-refractivity contribution < 1.29 is 14.0 Å². The fourth-order valence-electron chi connectivity index (χ4n) is 2.76. The van der Waals surface area contributed by atoms with E-state index < -0.39 is 11.6 Å². The number of hydrogen-bond acceptors (Lipinski definition) is 6. The topological polar surface area (TPSA) is 72.6 Å². The van der Waals surface area contributed by atoms with Crippen LogP contribution in [0.5, 0.6) is 0 Å². The first kappa shape index (κ1) is 17.5. The maximum Gasteiger partial charge on any atom is 0.363 e. The van der Waals surface area contributed by atoms with E-state index in [4.69, 9.17) is 9.25 Å². The zero-order valence-electron chi connectivity index (χ0n) is 15.0. The fourth-order valence-corrected chi connectivity index (χ4v) is 2.76. The predicted octanol–water partition coefficient (Wildman–Crippen LogP) is 4.06. The number of rotatable bonds is 4. The average Bonchev–Trinajstić information content (AvgIpc) is 2.74. The molecule has 0 aliphatic heterocycles. The molecule has 0 N–H and O–H groups in total. The Balaban J connectivity index is 1.55. The lowest BCUT2D eigenvalue weighted by Crippen LogP contribution is -2.22. The van der Waals surface area contributed by atoms with E-state index in [0.717, 1.165) is 5.69 Å². The van der Waals surface area contributed by atoms with Gasteiger partial charge in [0.05, 0.1) is 22.2 Å². The van der Waals surface area contributed by atoms with Gasteiger partial charge in [0.15, 0.2) is 0 Å². The average molecular weight is 372 g/mol. The number of anilines is 1. The molecule has 4 rings (SSSR count). The summed E-state index contributed by atoms with van der Waals surface area (Å²) in [7, 11) is 1.66. The summed E-state index contributed by atoms with van der Waals surface area (Å²) in [6.07, 6.45) is 0. The van der Waals surface area contributed by atoms with Crippen molar-refractivity contribution in [3.05, 3.63) is 94.8 Å². The van der Waals surface area contributed by atoms with Crippen LogP contribution in [-0.2, 0) is 4.84 Å². The number of para-hydroxylation sites is 2. The van der Waals surface area contributed by atoms with Gasteiger partial charge < -0.3 is 9.25 Å². The Bertz CT molecular complexity index is 1180. The van der Waals surface area contributed by atoms with Crippen molar-refractivity contribution in [2.24, 2.45) is 0 Å². The van der Waals surface area contributed by atoms with Crippen LogP contribution in [0.1, 0.15) is 10.4 Å². The molecule has 28 heavy (non-hydrogen) atoms. The van der Waals surface area contributed by atoms with Crippen LogP contribution in [0.25, 0.3) is 22.4 Å². The molecular weight excluding hydrogens is 356 g/mol. The van der Waals surface area contributed by atoms with Gasteiger partial charge in [-0.3, -0.25) is 0 Å². The van der Waals surface area contributed by atoms with E-state index in [-0.39, 0.29) is 5.89 Å². The number of nitrogens with zero attached hydrogens (tertiary/aromatic N) is 2. The van der Waals surface area contributed by atoms with E-state index in [9.17, 15) is 9.59 Å². The molecule has 0 aliphatic carbocycles. The first-order chi connectivity index (χ1) is 13.6. The van der Waals surface area contributed by atoms with E-state index in [1.807, 2.05) is 30.3 Å². The Hall–Kier alpha value is -3.93. The number of fused-ring (bicyclic) bond motifs is 1. The Labute approximate surface area is 160 Å². The monoisotopic (exact) mass is 372 g/mol. The quantitative estimate of drug-likeness (QED) is 0.503. The third-order valence-electron chi connectivity index (χ3n) is 4.24. The van der Waals surface area contributed by atoms with Gasteiger partial charge in [-0.25, -0.2) is 19.6 Å². The van der Waals surface area contributed by atoms with Crippen LogP contribution in [0.2, 0.25) is 0 Å². The van der Waals surface area contributed by atoms with Crippen molar-refractivity contribution in [1.82, 2.24) is 4.98 Å². The maximum absolute atomic E-state index is 12.4. The molecule has 0 radical (unpaired) electrons. The summed E-state index contributed by atoms with van der Waals surface area (Å²) in [6.45, 7) is 0. The summed E-state index contributed by atoms with van der Waals surface area (Å²) in [4.78, 5) is 34.2. The highest BCUT2D eigenvalue weighted by Crippen LogP contribution is 2.20. The van der Waals surface area contributed by atoms with Crippen LogP contribution in [0.4, 0.5) is 5.69 Å². The van der Waals surface area contributed by atoms with Crippen molar-refractivity contribution >= 4 is 22.6 Å². The molecule has 0 fully saturated rings. The van der Waals surface area contributed by atoms with Gasteiger partial charge in [-0.05, 0) is 48.5 Å². The van der Waals surface area contributed by atoms with Crippen LogP contribution in [0, 0.1) is 0 Å². The van der Waals surface area contributed by atoms with Crippen LogP contribution < -0.4 is 10.7 Å². The molecule has 4 aromatic rings. The molecule has 0 atom stereocenters. The second kappa shape index (κ2) is 7.36. The summed E-state index contributed by atoms with van der Waals surface area (Å²) in [5.41, 5.74) is 1.83. The summed E-state index contributed by atoms with van der Waals surface area (Å²) in [5, 5.41) is 1.83. The lowest BCUT2D eigenvalue weighted by molar-refractivity contribution is 0.0478. The lowest BCUT2D eigenvalue weighted by Gasteiger charge is -2.17. The van der Waals surface area contributed by atoms with Gasteiger partial charge in [-0.2, -0.15) is 0 Å². The maximum atomic E-state index is 12.4. The third-order valence-corrected chi connectivity index (χ3v) is 4.24. The van der Waals surface area contributed by atoms with Crippen LogP contribution in [0.3, 0.4) is 0 Å². The number of benzene rings is 3. The highest BCUT2D eigenvalue weighted by Gasteiger charge is 2.13. The minimum atomic E-state index is -0.495. The van der Waals surface area contributed by atoms with Crippen molar-refractivity contribution in [2.45, 2.75) is 0 Å². The highest BCUT2D eigenvalue weighted by molar-refractivity contribution is 5.90. The molecule has 1 heterocycles. The molecule has 0 amide bonds. The molecule has 0 saturated carbocycles. The second-order valence-electron chi connectivity index (χ2n) is 6.11.